The Morgan fingerprint density at radius 2 is 1.81 bits per heavy atom. The van der Waals surface area contributed by atoms with Gasteiger partial charge in [0.15, 0.2) is 0 Å². The zero-order valence-electron chi connectivity index (χ0n) is 13.7. The van der Waals surface area contributed by atoms with E-state index in [4.69, 9.17) is 5.11 Å². The van der Waals surface area contributed by atoms with Crippen LogP contribution < -0.4 is 0 Å². The molecular weight excluding hydrogens is 367 g/mol. The van der Waals surface area contributed by atoms with E-state index in [0.717, 1.165) is 11.2 Å². The summed E-state index contributed by atoms with van der Waals surface area (Å²) in [6.07, 6.45) is -3.66. The highest BCUT2D eigenvalue weighted by atomic mass is 19.4. The maximum atomic E-state index is 13.1. The number of H-pyrrole nitrogens is 1. The molecule has 1 aromatic heterocycles. The number of aromatic nitrogens is 2. The molecule has 2 aromatic rings. The summed E-state index contributed by atoms with van der Waals surface area (Å²) in [5.41, 5.74) is -0.235. The maximum absolute atomic E-state index is 13.1. The van der Waals surface area contributed by atoms with Crippen LogP contribution in [0.5, 0.6) is 0 Å². The Balaban J connectivity index is 1.87. The smallest absolute Gasteiger partial charge is 0.394 e. The summed E-state index contributed by atoms with van der Waals surface area (Å²) in [7, 11) is 0. The second kappa shape index (κ2) is 6.86. The van der Waals surface area contributed by atoms with E-state index in [1.165, 1.54) is 12.1 Å². The second-order valence-electron chi connectivity index (χ2n) is 6.12. The first-order valence-corrected chi connectivity index (χ1v) is 7.92. The number of carboxylic acid groups (broad SMARTS) is 1. The highest BCUT2D eigenvalue weighted by Gasteiger charge is 2.53. The van der Waals surface area contributed by atoms with Gasteiger partial charge < -0.3 is 15.0 Å². The lowest BCUT2D eigenvalue weighted by molar-refractivity contribution is -0.187. The van der Waals surface area contributed by atoms with Crippen molar-refractivity contribution in [3.8, 4) is 0 Å². The number of alkyl halides is 3. The first-order chi connectivity index (χ1) is 12.7. The van der Waals surface area contributed by atoms with E-state index in [9.17, 15) is 27.6 Å². The third-order valence-electron chi connectivity index (χ3n) is 4.45. The fraction of sp³-hybridized carbons (Fsp3) is 0.294. The molecule has 2 atom stereocenters. The standard InChI is InChI=1S/C17H14F3N3O4/c18-17(19,20)11-7-23(6-10(11)16(26)27)15(25)13-12(21-8-22-13)14(24)9-4-2-1-3-5-9/h1-5,8,10-11H,6-7H2,(H,21,22)(H,26,27)/t10-,11-/m1/s1. The molecule has 10 heteroatoms. The van der Waals surface area contributed by atoms with Gasteiger partial charge in [0.2, 0.25) is 5.78 Å². The molecule has 0 aliphatic carbocycles. The number of hydrogen-bond acceptors (Lipinski definition) is 4. The van der Waals surface area contributed by atoms with Crippen LogP contribution in [0.2, 0.25) is 0 Å². The molecule has 1 fully saturated rings. The van der Waals surface area contributed by atoms with Crippen molar-refractivity contribution in [1.29, 1.82) is 0 Å². The normalized spacial score (nSPS) is 19.9. The van der Waals surface area contributed by atoms with E-state index in [0.29, 0.717) is 0 Å². The number of carboxylic acids is 1. The summed E-state index contributed by atoms with van der Waals surface area (Å²) in [4.78, 5) is 43.4. The number of imidazole rings is 1. The van der Waals surface area contributed by atoms with Gasteiger partial charge in [-0.05, 0) is 0 Å². The van der Waals surface area contributed by atoms with Crippen LogP contribution in [0.4, 0.5) is 13.2 Å². The number of aliphatic carboxylic acids is 1. The fourth-order valence-electron chi connectivity index (χ4n) is 3.07. The van der Waals surface area contributed by atoms with Gasteiger partial charge in [-0.1, -0.05) is 30.3 Å². The van der Waals surface area contributed by atoms with Crippen molar-refractivity contribution in [3.05, 3.63) is 53.6 Å². The Kier molecular flexibility index (Phi) is 4.73. The minimum absolute atomic E-state index is 0.228. The molecule has 1 amide bonds. The first-order valence-electron chi connectivity index (χ1n) is 7.92. The third-order valence-corrected chi connectivity index (χ3v) is 4.45. The number of benzene rings is 1. The number of aromatic amines is 1. The number of amides is 1. The van der Waals surface area contributed by atoms with Crippen molar-refractivity contribution in [2.45, 2.75) is 6.18 Å². The summed E-state index contributed by atoms with van der Waals surface area (Å²) in [6, 6.07) is 7.96. The molecule has 0 bridgehead atoms. The van der Waals surface area contributed by atoms with Crippen LogP contribution in [0.25, 0.3) is 0 Å². The maximum Gasteiger partial charge on any atom is 0.394 e. The number of halogens is 3. The third kappa shape index (κ3) is 3.55. The van der Waals surface area contributed by atoms with Crippen LogP contribution in [0.3, 0.4) is 0 Å². The van der Waals surface area contributed by atoms with Gasteiger partial charge in [-0.15, -0.1) is 0 Å². The van der Waals surface area contributed by atoms with E-state index in [1.54, 1.807) is 18.2 Å². The lowest BCUT2D eigenvalue weighted by Crippen LogP contribution is -2.34. The quantitative estimate of drug-likeness (QED) is 0.789. The fourth-order valence-corrected chi connectivity index (χ4v) is 3.07. The van der Waals surface area contributed by atoms with Crippen molar-refractivity contribution in [1.82, 2.24) is 14.9 Å². The van der Waals surface area contributed by atoms with E-state index < -0.39 is 48.8 Å². The van der Waals surface area contributed by atoms with Crippen LogP contribution in [0.15, 0.2) is 36.7 Å². The highest BCUT2D eigenvalue weighted by molar-refractivity contribution is 6.13. The Morgan fingerprint density at radius 1 is 1.15 bits per heavy atom. The van der Waals surface area contributed by atoms with Crippen LogP contribution >= 0.6 is 0 Å². The molecule has 142 valence electrons. The number of likely N-dealkylation sites (tertiary alicyclic amines) is 1. The SMILES string of the molecule is O=C(c1ccccc1)c1nc[nH]c1C(=O)N1C[C@@H](C(F)(F)F)[C@H](C(=O)O)C1. The average molecular weight is 381 g/mol. The Hall–Kier alpha value is -3.17. The molecule has 1 aliphatic heterocycles. The van der Waals surface area contributed by atoms with Gasteiger partial charge in [-0.25, -0.2) is 4.98 Å². The molecule has 0 saturated carbocycles. The number of hydrogen-bond donors (Lipinski definition) is 2. The predicted octanol–water partition coefficient (Wildman–Crippen LogP) is 1.98. The van der Waals surface area contributed by atoms with Crippen LogP contribution in [-0.4, -0.2) is 56.9 Å². The first kappa shape index (κ1) is 18.6. The number of carbonyl (C=O) groups is 3. The largest absolute Gasteiger partial charge is 0.481 e. The van der Waals surface area contributed by atoms with Crippen molar-refractivity contribution in [3.63, 3.8) is 0 Å². The minimum atomic E-state index is -4.76. The van der Waals surface area contributed by atoms with Crippen molar-refractivity contribution < 1.29 is 32.7 Å². The van der Waals surface area contributed by atoms with Gasteiger partial charge in [0.1, 0.15) is 11.4 Å². The molecule has 1 aliphatic rings. The van der Waals surface area contributed by atoms with E-state index in [2.05, 4.69) is 9.97 Å². The summed E-state index contributed by atoms with van der Waals surface area (Å²) < 4.78 is 39.3. The molecule has 27 heavy (non-hydrogen) atoms. The van der Waals surface area contributed by atoms with Crippen LogP contribution in [0.1, 0.15) is 26.5 Å². The highest BCUT2D eigenvalue weighted by Crippen LogP contribution is 2.38. The summed E-state index contributed by atoms with van der Waals surface area (Å²) in [5, 5.41) is 9.06. The van der Waals surface area contributed by atoms with Crippen molar-refractivity contribution >= 4 is 17.7 Å². The summed E-state index contributed by atoms with van der Waals surface area (Å²) in [6.45, 7) is -1.40. The summed E-state index contributed by atoms with van der Waals surface area (Å²) >= 11 is 0. The zero-order valence-corrected chi connectivity index (χ0v) is 13.7. The Labute approximate surface area is 150 Å². The molecule has 2 heterocycles. The molecule has 1 saturated heterocycles. The van der Waals surface area contributed by atoms with Gasteiger partial charge in [0, 0.05) is 18.7 Å². The lowest BCUT2D eigenvalue weighted by atomic mass is 9.96. The number of ketones is 1. The van der Waals surface area contributed by atoms with E-state index >= 15 is 0 Å². The number of nitrogens with zero attached hydrogens (tertiary/aromatic N) is 2. The van der Waals surface area contributed by atoms with E-state index in [1.807, 2.05) is 0 Å². The molecule has 3 rings (SSSR count). The molecule has 0 unspecified atom stereocenters. The topological polar surface area (TPSA) is 103 Å². The van der Waals surface area contributed by atoms with Gasteiger partial charge in [0.25, 0.3) is 5.91 Å². The second-order valence-corrected chi connectivity index (χ2v) is 6.12. The van der Waals surface area contributed by atoms with E-state index in [-0.39, 0.29) is 17.0 Å². The average Bonchev–Trinajstić information content (AvgIpc) is 3.28. The molecule has 2 N–H and O–H groups in total. The van der Waals surface area contributed by atoms with Crippen LogP contribution in [-0.2, 0) is 4.79 Å². The van der Waals surface area contributed by atoms with Crippen LogP contribution in [0, 0.1) is 11.8 Å². The van der Waals surface area contributed by atoms with Gasteiger partial charge >= 0.3 is 12.1 Å². The Morgan fingerprint density at radius 3 is 2.37 bits per heavy atom. The number of carbonyl (C=O) groups excluding carboxylic acids is 2. The molecule has 0 spiro atoms. The monoisotopic (exact) mass is 381 g/mol. The molecular formula is C17H14F3N3O4. The molecule has 7 nitrogen and oxygen atoms in total. The van der Waals surface area contributed by atoms with Gasteiger partial charge in [0.05, 0.1) is 18.2 Å². The zero-order chi connectivity index (χ0) is 19.8. The predicted molar refractivity (Wildman–Crippen MR) is 85.0 cm³/mol. The van der Waals surface area contributed by atoms with Crippen molar-refractivity contribution in [2.24, 2.45) is 11.8 Å². The molecule has 0 radical (unpaired) electrons. The minimum Gasteiger partial charge on any atom is -0.481 e. The van der Waals surface area contributed by atoms with Gasteiger partial charge in [-0.3, -0.25) is 14.4 Å². The van der Waals surface area contributed by atoms with Crippen molar-refractivity contribution in [2.75, 3.05) is 13.1 Å². The number of nitrogens with one attached hydrogen (secondary N) is 1. The molecule has 1 aromatic carbocycles. The van der Waals surface area contributed by atoms with Gasteiger partial charge in [-0.2, -0.15) is 13.2 Å². The number of rotatable bonds is 4. The summed E-state index contributed by atoms with van der Waals surface area (Å²) in [5.74, 6) is -7.02. The lowest BCUT2D eigenvalue weighted by Gasteiger charge is -2.18. The Bertz CT molecular complexity index is 879.